The summed E-state index contributed by atoms with van der Waals surface area (Å²) >= 11 is 1.50. The SMILES string of the molecule is CNC(=O)CN1C(=O)CCC12CCCN(C(=O)c1ccsc1)C2. The van der Waals surface area contributed by atoms with Crippen molar-refractivity contribution in [1.82, 2.24) is 15.1 Å². The molecule has 3 rings (SSSR count). The number of likely N-dealkylation sites (tertiary alicyclic amines) is 2. The van der Waals surface area contributed by atoms with Gasteiger partial charge in [-0.15, -0.1) is 0 Å². The van der Waals surface area contributed by atoms with E-state index in [-0.39, 0.29) is 29.8 Å². The maximum atomic E-state index is 12.6. The van der Waals surface area contributed by atoms with E-state index < -0.39 is 0 Å². The minimum Gasteiger partial charge on any atom is -0.358 e. The highest BCUT2D eigenvalue weighted by atomic mass is 32.1. The number of piperidine rings is 1. The smallest absolute Gasteiger partial charge is 0.254 e. The van der Waals surface area contributed by atoms with Gasteiger partial charge in [0.2, 0.25) is 11.8 Å². The number of carbonyl (C=O) groups excluding carboxylic acids is 3. The van der Waals surface area contributed by atoms with Gasteiger partial charge in [0.05, 0.1) is 11.1 Å². The highest BCUT2D eigenvalue weighted by Crippen LogP contribution is 2.38. The zero-order valence-electron chi connectivity index (χ0n) is 13.2. The van der Waals surface area contributed by atoms with Crippen molar-refractivity contribution in [1.29, 1.82) is 0 Å². The van der Waals surface area contributed by atoms with Gasteiger partial charge in [0, 0.05) is 31.9 Å². The zero-order valence-corrected chi connectivity index (χ0v) is 14.0. The number of amides is 3. The minimum atomic E-state index is -0.381. The van der Waals surface area contributed by atoms with Crippen molar-refractivity contribution in [2.75, 3.05) is 26.7 Å². The fourth-order valence-corrected chi connectivity index (χ4v) is 4.26. The van der Waals surface area contributed by atoms with E-state index in [9.17, 15) is 14.4 Å². The van der Waals surface area contributed by atoms with Crippen LogP contribution in [0.3, 0.4) is 0 Å². The second-order valence-corrected chi connectivity index (χ2v) is 7.00. The molecule has 0 aliphatic carbocycles. The minimum absolute atomic E-state index is 0.0124. The van der Waals surface area contributed by atoms with Crippen molar-refractivity contribution >= 4 is 29.1 Å². The van der Waals surface area contributed by atoms with Crippen molar-refractivity contribution in [2.45, 2.75) is 31.2 Å². The van der Waals surface area contributed by atoms with Crippen LogP contribution in [0.5, 0.6) is 0 Å². The Labute approximate surface area is 139 Å². The Hall–Kier alpha value is -1.89. The van der Waals surface area contributed by atoms with E-state index in [0.717, 1.165) is 19.3 Å². The fraction of sp³-hybridized carbons (Fsp3) is 0.562. The van der Waals surface area contributed by atoms with Gasteiger partial charge in [-0.3, -0.25) is 14.4 Å². The molecule has 3 amide bonds. The predicted octanol–water partition coefficient (Wildman–Crippen LogP) is 1.09. The van der Waals surface area contributed by atoms with Gasteiger partial charge in [-0.2, -0.15) is 11.3 Å². The molecule has 1 spiro atoms. The molecule has 1 N–H and O–H groups in total. The normalized spacial score (nSPS) is 24.3. The monoisotopic (exact) mass is 335 g/mol. The van der Waals surface area contributed by atoms with Crippen molar-refractivity contribution < 1.29 is 14.4 Å². The summed E-state index contributed by atoms with van der Waals surface area (Å²) in [6.07, 6.45) is 2.88. The number of nitrogens with one attached hydrogen (secondary N) is 1. The molecule has 2 aliphatic heterocycles. The first-order chi connectivity index (χ1) is 11.1. The van der Waals surface area contributed by atoms with E-state index in [1.807, 2.05) is 21.7 Å². The van der Waals surface area contributed by atoms with Crippen LogP contribution in [0.25, 0.3) is 0 Å². The molecule has 0 radical (unpaired) electrons. The topological polar surface area (TPSA) is 69.7 Å². The first-order valence-electron chi connectivity index (χ1n) is 7.88. The summed E-state index contributed by atoms with van der Waals surface area (Å²) in [5, 5.41) is 6.32. The molecular weight excluding hydrogens is 314 g/mol. The molecule has 124 valence electrons. The van der Waals surface area contributed by atoms with Gasteiger partial charge in [-0.05, 0) is 30.7 Å². The number of hydrogen-bond donors (Lipinski definition) is 1. The van der Waals surface area contributed by atoms with E-state index in [1.54, 1.807) is 11.9 Å². The van der Waals surface area contributed by atoms with Gasteiger partial charge in [0.25, 0.3) is 5.91 Å². The number of rotatable bonds is 3. The Morgan fingerprint density at radius 3 is 2.91 bits per heavy atom. The Morgan fingerprint density at radius 1 is 1.39 bits per heavy atom. The average molecular weight is 335 g/mol. The number of nitrogens with zero attached hydrogens (tertiary/aromatic N) is 2. The van der Waals surface area contributed by atoms with E-state index in [0.29, 0.717) is 25.1 Å². The number of thiophene rings is 1. The third-order valence-electron chi connectivity index (χ3n) is 4.87. The van der Waals surface area contributed by atoms with Crippen molar-refractivity contribution in [3.63, 3.8) is 0 Å². The Morgan fingerprint density at radius 2 is 2.22 bits per heavy atom. The van der Waals surface area contributed by atoms with Crippen LogP contribution in [0.4, 0.5) is 0 Å². The lowest BCUT2D eigenvalue weighted by Crippen LogP contribution is -2.59. The summed E-state index contributed by atoms with van der Waals surface area (Å²) in [5.74, 6) is -0.135. The zero-order chi connectivity index (χ0) is 16.4. The molecule has 0 aromatic carbocycles. The highest BCUT2D eigenvalue weighted by Gasteiger charge is 2.48. The molecule has 7 heteroatoms. The summed E-state index contributed by atoms with van der Waals surface area (Å²) in [6.45, 7) is 1.30. The van der Waals surface area contributed by atoms with Crippen LogP contribution in [0.1, 0.15) is 36.0 Å². The highest BCUT2D eigenvalue weighted by molar-refractivity contribution is 7.08. The maximum Gasteiger partial charge on any atom is 0.254 e. The van der Waals surface area contributed by atoms with Crippen LogP contribution in [0.2, 0.25) is 0 Å². The van der Waals surface area contributed by atoms with Crippen LogP contribution in [-0.2, 0) is 9.59 Å². The van der Waals surface area contributed by atoms with E-state index in [1.165, 1.54) is 11.3 Å². The lowest BCUT2D eigenvalue weighted by molar-refractivity contribution is -0.138. The molecule has 1 unspecified atom stereocenters. The number of hydrogen-bond acceptors (Lipinski definition) is 4. The van der Waals surface area contributed by atoms with E-state index in [4.69, 9.17) is 0 Å². The summed E-state index contributed by atoms with van der Waals surface area (Å²) in [7, 11) is 1.57. The Balaban J connectivity index is 1.79. The van der Waals surface area contributed by atoms with Crippen molar-refractivity contribution in [3.05, 3.63) is 22.4 Å². The molecule has 0 saturated carbocycles. The summed E-state index contributed by atoms with van der Waals surface area (Å²) in [4.78, 5) is 40.2. The second-order valence-electron chi connectivity index (χ2n) is 6.22. The molecule has 23 heavy (non-hydrogen) atoms. The van der Waals surface area contributed by atoms with Crippen molar-refractivity contribution in [3.8, 4) is 0 Å². The molecular formula is C16H21N3O3S. The Kier molecular flexibility index (Phi) is 4.39. The third kappa shape index (κ3) is 2.97. The second kappa shape index (κ2) is 6.31. The van der Waals surface area contributed by atoms with E-state index in [2.05, 4.69) is 5.32 Å². The first kappa shape index (κ1) is 16.0. The summed E-state index contributed by atoms with van der Waals surface area (Å²) < 4.78 is 0. The summed E-state index contributed by atoms with van der Waals surface area (Å²) in [6, 6.07) is 1.83. The molecule has 2 fully saturated rings. The number of carbonyl (C=O) groups is 3. The van der Waals surface area contributed by atoms with Crippen LogP contribution in [-0.4, -0.2) is 59.7 Å². The average Bonchev–Trinajstić information content (AvgIpc) is 3.19. The molecule has 2 saturated heterocycles. The van der Waals surface area contributed by atoms with Gasteiger partial charge < -0.3 is 15.1 Å². The molecule has 1 atom stereocenters. The van der Waals surface area contributed by atoms with Gasteiger partial charge in [0.15, 0.2) is 0 Å². The largest absolute Gasteiger partial charge is 0.358 e. The van der Waals surface area contributed by atoms with Crippen LogP contribution in [0, 0.1) is 0 Å². The predicted molar refractivity (Wildman–Crippen MR) is 87.2 cm³/mol. The quantitative estimate of drug-likeness (QED) is 0.899. The standard InChI is InChI=1S/C16H21N3O3S/c1-17-13(20)9-19-14(21)3-6-16(19)5-2-7-18(11-16)15(22)12-4-8-23-10-12/h4,8,10H,2-3,5-7,9,11H2,1H3,(H,17,20). The molecule has 0 bridgehead atoms. The number of likely N-dealkylation sites (N-methyl/N-ethyl adjacent to an activating group) is 1. The molecule has 2 aliphatic rings. The molecule has 1 aromatic heterocycles. The maximum absolute atomic E-state index is 12.6. The Bertz CT molecular complexity index is 616. The molecule has 1 aromatic rings. The van der Waals surface area contributed by atoms with Gasteiger partial charge in [-0.25, -0.2) is 0 Å². The van der Waals surface area contributed by atoms with Gasteiger partial charge in [-0.1, -0.05) is 0 Å². The lowest BCUT2D eigenvalue weighted by Gasteiger charge is -2.45. The lowest BCUT2D eigenvalue weighted by atomic mass is 9.86. The summed E-state index contributed by atoms with van der Waals surface area (Å²) in [5.41, 5.74) is 0.322. The molecule has 3 heterocycles. The van der Waals surface area contributed by atoms with Crippen molar-refractivity contribution in [2.24, 2.45) is 0 Å². The van der Waals surface area contributed by atoms with E-state index >= 15 is 0 Å². The fourth-order valence-electron chi connectivity index (χ4n) is 3.63. The van der Waals surface area contributed by atoms with Crippen LogP contribution in [0.15, 0.2) is 16.8 Å². The third-order valence-corrected chi connectivity index (χ3v) is 5.55. The van der Waals surface area contributed by atoms with Crippen LogP contribution >= 0.6 is 11.3 Å². The first-order valence-corrected chi connectivity index (χ1v) is 8.82. The van der Waals surface area contributed by atoms with Gasteiger partial charge in [0.1, 0.15) is 6.54 Å². The van der Waals surface area contributed by atoms with Gasteiger partial charge >= 0.3 is 0 Å². The molecule has 6 nitrogen and oxygen atoms in total. The van der Waals surface area contributed by atoms with Crippen LogP contribution < -0.4 is 5.32 Å².